The van der Waals surface area contributed by atoms with Crippen LogP contribution in [0, 0.1) is 4.84 Å². The molecule has 5 rings (SSSR count). The number of rotatable bonds is 19. The molecule has 268 valence electrons. The van der Waals surface area contributed by atoms with Gasteiger partial charge in [0.1, 0.15) is 11.5 Å². The summed E-state index contributed by atoms with van der Waals surface area (Å²) in [5, 5.41) is 22.0. The Morgan fingerprint density at radius 3 is 1.68 bits per heavy atom. The normalized spacial score (nSPS) is 11.6. The fourth-order valence-corrected chi connectivity index (χ4v) is 4.82. The van der Waals surface area contributed by atoms with Gasteiger partial charge in [-0.25, -0.2) is 5.10 Å². The maximum atomic E-state index is 8.16. The average Bonchev–Trinajstić information content (AvgIpc) is 3.96. The van der Waals surface area contributed by atoms with E-state index in [9.17, 15) is 0 Å². The number of nitrogens with one attached hydrogen (secondary N) is 1. The molecule has 50 heavy (non-hydrogen) atoms. The summed E-state index contributed by atoms with van der Waals surface area (Å²) in [4.78, 5) is 5.71. The zero-order valence-corrected chi connectivity index (χ0v) is 29.9. The molecule has 1 saturated heterocycles. The Labute approximate surface area is 300 Å². The monoisotopic (exact) mass is 724 g/mol. The van der Waals surface area contributed by atoms with E-state index in [1.165, 1.54) is 24.6 Å². The zero-order chi connectivity index (χ0) is 35.5. The van der Waals surface area contributed by atoms with Gasteiger partial charge in [-0.2, -0.15) is 0 Å². The van der Waals surface area contributed by atoms with E-state index in [0.29, 0.717) is 43.3 Å². The Morgan fingerprint density at radius 1 is 0.740 bits per heavy atom. The Kier molecular flexibility index (Phi) is 20.3. The van der Waals surface area contributed by atoms with Gasteiger partial charge in [-0.15, -0.1) is 15.3 Å². The van der Waals surface area contributed by atoms with E-state index in [0.717, 1.165) is 87.2 Å². The summed E-state index contributed by atoms with van der Waals surface area (Å²) < 4.78 is 27.0. The molecule has 4 aromatic rings. The lowest BCUT2D eigenvalue weighted by Gasteiger charge is -2.06. The quantitative estimate of drug-likeness (QED) is 0.0242. The molecule has 15 nitrogen and oxygen atoms in total. The van der Waals surface area contributed by atoms with Gasteiger partial charge in [0.2, 0.25) is 11.8 Å². The molecule has 0 unspecified atom stereocenters. The highest BCUT2D eigenvalue weighted by molar-refractivity contribution is 7.98. The molecule has 0 saturated carbocycles. The van der Waals surface area contributed by atoms with Crippen LogP contribution in [0.4, 0.5) is 0 Å². The van der Waals surface area contributed by atoms with Crippen molar-refractivity contribution < 1.29 is 23.0 Å². The molecule has 17 heteroatoms. The van der Waals surface area contributed by atoms with Crippen molar-refractivity contribution in [3.8, 4) is 34.4 Å². The summed E-state index contributed by atoms with van der Waals surface area (Å²) in [5.74, 6) is 2.62. The van der Waals surface area contributed by atoms with Gasteiger partial charge in [-0.3, -0.25) is 0 Å². The minimum absolute atomic E-state index is 0.260. The van der Waals surface area contributed by atoms with Crippen LogP contribution in [-0.2, 0) is 4.74 Å². The van der Waals surface area contributed by atoms with Crippen LogP contribution >= 0.6 is 24.0 Å². The fraction of sp³-hybridized carbons (Fsp3) is 0.515. The molecule has 1 aliphatic heterocycles. The van der Waals surface area contributed by atoms with Gasteiger partial charge in [0.05, 0.1) is 13.2 Å². The Morgan fingerprint density at radius 2 is 1.26 bits per heavy atom. The number of benzene rings is 2. The molecule has 1 N–H and O–H groups in total. The predicted molar refractivity (Wildman–Crippen MR) is 195 cm³/mol. The number of ether oxygens (including phenoxy) is 3. The Balaban J connectivity index is 0.000000237. The van der Waals surface area contributed by atoms with Crippen LogP contribution < -0.4 is 9.47 Å². The summed E-state index contributed by atoms with van der Waals surface area (Å²) in [6, 6.07) is 15.1. The van der Waals surface area contributed by atoms with Crippen molar-refractivity contribution in [1.29, 1.82) is 0 Å². The van der Waals surface area contributed by atoms with Crippen molar-refractivity contribution in [2.75, 3.05) is 45.8 Å². The number of azide groups is 2. The lowest BCUT2D eigenvalue weighted by Crippen LogP contribution is -1.97. The highest BCUT2D eigenvalue weighted by atomic mass is 32.2. The van der Waals surface area contributed by atoms with E-state index in [2.05, 4.69) is 40.4 Å². The number of unbranched alkanes of at least 4 members (excludes halogenated alkanes) is 6. The van der Waals surface area contributed by atoms with Crippen molar-refractivity contribution in [2.24, 2.45) is 10.2 Å². The summed E-state index contributed by atoms with van der Waals surface area (Å²) in [6.07, 6.45) is 12.5. The van der Waals surface area contributed by atoms with E-state index < -0.39 is 0 Å². The first-order chi connectivity index (χ1) is 24.6. The number of hydrogen-bond acceptors (Lipinski definition) is 12. The largest absolute Gasteiger partial charge is 0.494 e. The van der Waals surface area contributed by atoms with E-state index in [1.807, 2.05) is 54.8 Å². The minimum Gasteiger partial charge on any atom is -0.494 e. The third kappa shape index (κ3) is 16.7. The van der Waals surface area contributed by atoms with Crippen molar-refractivity contribution in [2.45, 2.75) is 69.4 Å². The van der Waals surface area contributed by atoms with E-state index in [1.54, 1.807) is 0 Å². The second-order valence-corrected chi connectivity index (χ2v) is 11.9. The van der Waals surface area contributed by atoms with Crippen LogP contribution in [0.15, 0.2) is 72.8 Å². The molecule has 1 fully saturated rings. The van der Waals surface area contributed by atoms with Crippen LogP contribution in [-0.4, -0.2) is 66.2 Å². The summed E-state index contributed by atoms with van der Waals surface area (Å²) in [5.41, 5.74) is 18.0. The highest BCUT2D eigenvalue weighted by Crippen LogP contribution is 2.24. The smallest absolute Gasteiger partial charge is 0.284 e. The van der Waals surface area contributed by atoms with Gasteiger partial charge in [0.25, 0.3) is 10.1 Å². The molecule has 0 radical (unpaired) electrons. The lowest BCUT2D eigenvalue weighted by atomic mass is 10.2. The molecule has 1 aliphatic rings. The molecule has 0 spiro atoms. The third-order valence-corrected chi connectivity index (χ3v) is 7.71. The van der Waals surface area contributed by atoms with Gasteiger partial charge >= 0.3 is 0 Å². The van der Waals surface area contributed by atoms with E-state index in [-0.39, 0.29) is 4.84 Å². The van der Waals surface area contributed by atoms with Gasteiger partial charge in [0.15, 0.2) is 0 Å². The average molecular weight is 725 g/mol. The maximum absolute atomic E-state index is 8.16. The number of hydrogen-bond donors (Lipinski definition) is 1. The predicted octanol–water partition coefficient (Wildman–Crippen LogP) is 10.2. The summed E-state index contributed by atoms with van der Waals surface area (Å²) in [7, 11) is 0. The molecule has 0 aliphatic carbocycles. The SMILES string of the molecule is C1CCOC1.CSc1nnc(-c2ccc(OCCCCCCN=[N+]=[N-])cc2)o1.[N-]=[N+]=NCCCCCCOc1ccc(-c2n[nH]c(=S)o2)cc1. The van der Waals surface area contributed by atoms with Crippen molar-refractivity contribution in [3.05, 3.63) is 74.3 Å². The first-order valence-electron chi connectivity index (χ1n) is 16.6. The summed E-state index contributed by atoms with van der Waals surface area (Å²) in [6.45, 7) is 4.50. The first kappa shape index (κ1) is 39.9. The number of thioether (sulfide) groups is 1. The standard InChI is InChI=1S/C15H19N5O2S.C14H17N5O2S.C4H8O/c1-23-15-19-18-14(22-15)12-6-8-13(9-7-12)21-11-5-3-2-4-10-17-20-16;15-19-16-9-3-1-2-4-10-20-12-7-5-11(6-8-12)13-17-18-14(22)21-13;1-2-4-5-3-1/h6-9H,2-5,10-11H2,1H3;5-8H,1-4,9-10H2,(H,18,22);1-4H2. The molecule has 0 bridgehead atoms. The molecule has 2 aromatic heterocycles. The van der Waals surface area contributed by atoms with Gasteiger partial charge in [-0.1, -0.05) is 47.7 Å². The Hall–Kier alpha value is -4.53. The van der Waals surface area contributed by atoms with Crippen LogP contribution in [0.5, 0.6) is 11.5 Å². The molecule has 0 atom stereocenters. The van der Waals surface area contributed by atoms with Crippen molar-refractivity contribution in [3.63, 3.8) is 0 Å². The topological polar surface area (TPSA) is 206 Å². The first-order valence-corrected chi connectivity index (χ1v) is 18.2. The molecule has 2 aromatic carbocycles. The van der Waals surface area contributed by atoms with Crippen LogP contribution in [0.3, 0.4) is 0 Å². The lowest BCUT2D eigenvalue weighted by molar-refractivity contribution is 0.198. The molecular formula is C33H44N10O5S2. The second-order valence-electron chi connectivity index (χ2n) is 10.8. The van der Waals surface area contributed by atoms with Crippen molar-refractivity contribution >= 4 is 24.0 Å². The van der Waals surface area contributed by atoms with Gasteiger partial charge < -0.3 is 23.0 Å². The maximum Gasteiger partial charge on any atom is 0.284 e. The number of H-pyrrole nitrogens is 1. The van der Waals surface area contributed by atoms with Crippen LogP contribution in [0.1, 0.15) is 64.2 Å². The molecule has 3 heterocycles. The van der Waals surface area contributed by atoms with E-state index >= 15 is 0 Å². The van der Waals surface area contributed by atoms with Gasteiger partial charge in [-0.05, 0) is 117 Å². The van der Waals surface area contributed by atoms with Crippen molar-refractivity contribution in [1.82, 2.24) is 20.4 Å². The zero-order valence-electron chi connectivity index (χ0n) is 28.3. The molecular weight excluding hydrogens is 681 g/mol. The second kappa shape index (κ2) is 25.4. The minimum atomic E-state index is 0.260. The Bertz CT molecular complexity index is 1620. The number of aromatic nitrogens is 4. The van der Waals surface area contributed by atoms with E-state index in [4.69, 9.17) is 46.3 Å². The summed E-state index contributed by atoms with van der Waals surface area (Å²) >= 11 is 6.26. The van der Waals surface area contributed by atoms with Gasteiger partial charge in [0, 0.05) is 47.3 Å². The number of nitrogens with zero attached hydrogens (tertiary/aromatic N) is 9. The third-order valence-electron chi connectivity index (χ3n) is 7.02. The highest BCUT2D eigenvalue weighted by Gasteiger charge is 2.08. The fourth-order valence-electron chi connectivity index (χ4n) is 4.41. The molecule has 0 amide bonds. The van der Waals surface area contributed by atoms with Crippen LogP contribution in [0.25, 0.3) is 43.8 Å². The number of aromatic amines is 1. The van der Waals surface area contributed by atoms with Crippen LogP contribution in [0.2, 0.25) is 0 Å².